The predicted molar refractivity (Wildman–Crippen MR) is 172 cm³/mol. The first-order valence-corrected chi connectivity index (χ1v) is 15.8. The molecule has 2 aromatic carbocycles. The van der Waals surface area contributed by atoms with Gasteiger partial charge in [-0.2, -0.15) is 0 Å². The average molecular weight is 652 g/mol. The third-order valence-electron chi connectivity index (χ3n) is 7.81. The second-order valence-corrected chi connectivity index (χ2v) is 11.9. The minimum Gasteiger partial charge on any atom is -0.491 e. The molecule has 1 aromatic heterocycles. The second kappa shape index (κ2) is 15.3. The molecule has 2 heterocycles. The highest BCUT2D eigenvalue weighted by molar-refractivity contribution is 9.10. The summed E-state index contributed by atoms with van der Waals surface area (Å²) in [4.78, 5) is 38.1. The van der Waals surface area contributed by atoms with Crippen molar-refractivity contribution in [3.8, 4) is 5.75 Å². The van der Waals surface area contributed by atoms with Crippen LogP contribution in [0.25, 0.3) is 10.9 Å². The molecular weight excluding hydrogens is 612 g/mol. The Kier molecular flexibility index (Phi) is 11.0. The molecule has 1 saturated carbocycles. The maximum Gasteiger partial charge on any atom is 0.320 e. The van der Waals surface area contributed by atoms with Crippen molar-refractivity contribution in [2.24, 2.45) is 0 Å². The number of esters is 1. The third kappa shape index (κ3) is 8.98. The summed E-state index contributed by atoms with van der Waals surface area (Å²) in [5.41, 5.74) is 2.09. The molecule has 1 aliphatic carbocycles. The number of amides is 1. The fourth-order valence-electron chi connectivity index (χ4n) is 5.52. The van der Waals surface area contributed by atoms with Gasteiger partial charge in [-0.25, -0.2) is 9.97 Å². The number of piperazine rings is 1. The third-order valence-corrected chi connectivity index (χ3v) is 8.30. The zero-order chi connectivity index (χ0) is 30.0. The van der Waals surface area contributed by atoms with Gasteiger partial charge in [0, 0.05) is 54.3 Å². The van der Waals surface area contributed by atoms with Crippen LogP contribution in [0.15, 0.2) is 59.9 Å². The molecule has 10 nitrogen and oxygen atoms in total. The summed E-state index contributed by atoms with van der Waals surface area (Å²) in [7, 11) is 0. The van der Waals surface area contributed by atoms with Gasteiger partial charge in [-0.15, -0.1) is 0 Å². The first-order chi connectivity index (χ1) is 21.0. The minimum absolute atomic E-state index is 0.0928. The Balaban J connectivity index is 1.14. The van der Waals surface area contributed by atoms with Gasteiger partial charge < -0.3 is 25.0 Å². The van der Waals surface area contributed by atoms with E-state index in [4.69, 9.17) is 9.47 Å². The Hall–Kier alpha value is -3.54. The minimum atomic E-state index is -0.331. The Morgan fingerprint density at radius 2 is 1.84 bits per heavy atom. The summed E-state index contributed by atoms with van der Waals surface area (Å²) in [6, 6.07) is 11.4. The van der Waals surface area contributed by atoms with E-state index < -0.39 is 0 Å². The zero-order valence-electron chi connectivity index (χ0n) is 24.4. The number of fused-ring (bicyclic) bond motifs is 1. The zero-order valence-corrected chi connectivity index (χ0v) is 26.0. The SMILES string of the molecule is C=CC(=O)Nc1cc2c(Nc3cccc(Br)c3)ncnc2cc1OCCCN1CCN(CC(=O)OC2CCCCC2)CC1. The quantitative estimate of drug-likeness (QED) is 0.149. The number of nitrogens with one attached hydrogen (secondary N) is 2. The Labute approximate surface area is 261 Å². The van der Waals surface area contributed by atoms with E-state index in [1.807, 2.05) is 36.4 Å². The van der Waals surface area contributed by atoms with Gasteiger partial charge in [0.15, 0.2) is 0 Å². The van der Waals surface area contributed by atoms with Crippen LogP contribution in [0.3, 0.4) is 0 Å². The van der Waals surface area contributed by atoms with Gasteiger partial charge in [0.05, 0.1) is 24.4 Å². The number of aromatic nitrogens is 2. The predicted octanol–water partition coefficient (Wildman–Crippen LogP) is 5.52. The maximum atomic E-state index is 12.4. The first-order valence-electron chi connectivity index (χ1n) is 15.0. The van der Waals surface area contributed by atoms with Crippen LogP contribution in [0.2, 0.25) is 0 Å². The second-order valence-electron chi connectivity index (χ2n) is 11.0. The standard InChI is InChI=1S/C32H39BrN6O4/c1-2-30(40)37-28-19-26-27(34-22-35-32(26)36-24-9-6-8-23(33)18-24)20-29(28)42-17-7-12-38-13-15-39(16-14-38)21-31(41)43-25-10-4-3-5-11-25/h2,6,8-9,18-20,22,25H,1,3-5,7,10-17,21H2,(H,37,40)(H,34,35,36). The molecule has 43 heavy (non-hydrogen) atoms. The van der Waals surface area contributed by atoms with Crippen molar-refractivity contribution >= 4 is 55.9 Å². The summed E-state index contributed by atoms with van der Waals surface area (Å²) >= 11 is 3.49. The van der Waals surface area contributed by atoms with E-state index in [1.165, 1.54) is 18.8 Å². The lowest BCUT2D eigenvalue weighted by atomic mass is 9.98. The van der Waals surface area contributed by atoms with Gasteiger partial charge in [0.2, 0.25) is 5.91 Å². The van der Waals surface area contributed by atoms with Crippen molar-refractivity contribution in [1.29, 1.82) is 0 Å². The number of halogens is 1. The van der Waals surface area contributed by atoms with Crippen molar-refractivity contribution in [1.82, 2.24) is 19.8 Å². The number of ether oxygens (including phenoxy) is 2. The summed E-state index contributed by atoms with van der Waals surface area (Å²) in [5.74, 6) is 0.731. The van der Waals surface area contributed by atoms with Gasteiger partial charge >= 0.3 is 5.97 Å². The van der Waals surface area contributed by atoms with Crippen LogP contribution in [0.4, 0.5) is 17.2 Å². The van der Waals surface area contributed by atoms with E-state index in [1.54, 1.807) is 0 Å². The molecule has 3 aromatic rings. The molecular formula is C32H39BrN6O4. The number of rotatable bonds is 12. The van der Waals surface area contributed by atoms with Crippen LogP contribution in [0.5, 0.6) is 5.75 Å². The number of anilines is 3. The number of hydrogen-bond donors (Lipinski definition) is 2. The van der Waals surface area contributed by atoms with E-state index in [0.29, 0.717) is 35.9 Å². The lowest BCUT2D eigenvalue weighted by Gasteiger charge is -2.34. The van der Waals surface area contributed by atoms with Gasteiger partial charge in [-0.1, -0.05) is 35.0 Å². The average Bonchev–Trinajstić information content (AvgIpc) is 3.01. The number of nitrogens with zero attached hydrogens (tertiary/aromatic N) is 4. The number of carbonyl (C=O) groups excluding carboxylic acids is 2. The number of carbonyl (C=O) groups is 2. The smallest absolute Gasteiger partial charge is 0.320 e. The van der Waals surface area contributed by atoms with Crippen molar-refractivity contribution in [2.75, 3.05) is 56.5 Å². The van der Waals surface area contributed by atoms with Crippen molar-refractivity contribution in [3.05, 3.63) is 59.9 Å². The van der Waals surface area contributed by atoms with Crippen LogP contribution in [-0.2, 0) is 14.3 Å². The highest BCUT2D eigenvalue weighted by atomic mass is 79.9. The monoisotopic (exact) mass is 650 g/mol. The maximum absolute atomic E-state index is 12.4. The van der Waals surface area contributed by atoms with Crippen LogP contribution in [0, 0.1) is 0 Å². The van der Waals surface area contributed by atoms with Gasteiger partial charge in [-0.05, 0) is 62.4 Å². The Morgan fingerprint density at radius 3 is 2.60 bits per heavy atom. The van der Waals surface area contributed by atoms with E-state index in [2.05, 4.69) is 52.9 Å². The number of benzene rings is 2. The highest BCUT2D eigenvalue weighted by Crippen LogP contribution is 2.34. The van der Waals surface area contributed by atoms with Crippen LogP contribution in [0.1, 0.15) is 38.5 Å². The lowest BCUT2D eigenvalue weighted by Crippen LogP contribution is -2.48. The van der Waals surface area contributed by atoms with Crippen molar-refractivity contribution < 1.29 is 19.1 Å². The Bertz CT molecular complexity index is 1420. The van der Waals surface area contributed by atoms with Gasteiger partial charge in [-0.3, -0.25) is 14.5 Å². The molecule has 1 saturated heterocycles. The van der Waals surface area contributed by atoms with Gasteiger partial charge in [0.25, 0.3) is 0 Å². The molecule has 0 atom stereocenters. The van der Waals surface area contributed by atoms with Crippen LogP contribution in [-0.4, -0.2) is 83.6 Å². The Morgan fingerprint density at radius 1 is 1.05 bits per heavy atom. The van der Waals surface area contributed by atoms with Gasteiger partial charge in [0.1, 0.15) is 24.0 Å². The molecule has 2 fully saturated rings. The molecule has 0 bridgehead atoms. The highest BCUT2D eigenvalue weighted by Gasteiger charge is 2.22. The molecule has 228 valence electrons. The van der Waals surface area contributed by atoms with Crippen LogP contribution >= 0.6 is 15.9 Å². The molecule has 1 aliphatic heterocycles. The molecule has 1 amide bonds. The number of hydrogen-bond acceptors (Lipinski definition) is 9. The topological polar surface area (TPSA) is 109 Å². The molecule has 5 rings (SSSR count). The van der Waals surface area contributed by atoms with E-state index in [-0.39, 0.29) is 18.0 Å². The van der Waals surface area contributed by atoms with Crippen molar-refractivity contribution in [3.63, 3.8) is 0 Å². The molecule has 2 aliphatic rings. The summed E-state index contributed by atoms with van der Waals surface area (Å²) in [5, 5.41) is 6.94. The van der Waals surface area contributed by atoms with E-state index in [0.717, 1.165) is 80.4 Å². The fourth-order valence-corrected chi connectivity index (χ4v) is 5.92. The van der Waals surface area contributed by atoms with E-state index >= 15 is 0 Å². The fraction of sp³-hybridized carbons (Fsp3) is 0.438. The summed E-state index contributed by atoms with van der Waals surface area (Å²) in [6.45, 7) is 8.80. The normalized spacial score (nSPS) is 16.5. The molecule has 0 spiro atoms. The molecule has 2 N–H and O–H groups in total. The first kappa shape index (κ1) is 30.9. The lowest BCUT2D eigenvalue weighted by molar-refractivity contribution is -0.152. The molecule has 11 heteroatoms. The molecule has 0 unspecified atom stereocenters. The summed E-state index contributed by atoms with van der Waals surface area (Å²) < 4.78 is 12.8. The van der Waals surface area contributed by atoms with Crippen LogP contribution < -0.4 is 15.4 Å². The van der Waals surface area contributed by atoms with Crippen molar-refractivity contribution in [2.45, 2.75) is 44.6 Å². The summed E-state index contributed by atoms with van der Waals surface area (Å²) in [6.07, 6.45) is 9.22. The molecule has 0 radical (unpaired) electrons. The largest absolute Gasteiger partial charge is 0.491 e. The van der Waals surface area contributed by atoms with E-state index in [9.17, 15) is 9.59 Å².